The Balaban J connectivity index is 4.43. The zero-order valence-corrected chi connectivity index (χ0v) is 8.03. The molecule has 0 saturated carbocycles. The molecule has 0 aromatic heterocycles. The van der Waals surface area contributed by atoms with Crippen molar-refractivity contribution in [1.82, 2.24) is 0 Å². The van der Waals surface area contributed by atoms with Gasteiger partial charge in [0, 0.05) is 0 Å². The van der Waals surface area contributed by atoms with Gasteiger partial charge in [-0.25, -0.2) is 0 Å². The smallest absolute Gasteiger partial charge is 0.155 e. The number of Topliss-reactive ketones (excluding diaryl/α,β-unsaturated/α-hetero) is 1. The summed E-state index contributed by atoms with van der Waals surface area (Å²) in [6, 6.07) is 0. The summed E-state index contributed by atoms with van der Waals surface area (Å²) in [4.78, 5) is 11.1. The number of carbonyl (C=O) groups is 1. The van der Waals surface area contributed by atoms with Gasteiger partial charge >= 0.3 is 0 Å². The summed E-state index contributed by atoms with van der Waals surface area (Å²) in [5, 5.41) is 0. The van der Waals surface area contributed by atoms with Gasteiger partial charge in [-0.2, -0.15) is 0 Å². The zero-order chi connectivity index (χ0) is 8.85. The second-order valence-corrected chi connectivity index (χ2v) is 2.92. The Kier molecular flexibility index (Phi) is 4.84. The van der Waals surface area contributed by atoms with Gasteiger partial charge < -0.3 is 0 Å². The van der Waals surface area contributed by atoms with E-state index in [1.165, 1.54) is 5.57 Å². The fourth-order valence-electron chi connectivity index (χ4n) is 1.15. The highest BCUT2D eigenvalue weighted by molar-refractivity contribution is 5.93. The van der Waals surface area contributed by atoms with Gasteiger partial charge in [0.15, 0.2) is 5.78 Å². The van der Waals surface area contributed by atoms with Gasteiger partial charge in [0.2, 0.25) is 0 Å². The summed E-state index contributed by atoms with van der Waals surface area (Å²) in [6.07, 6.45) is 3.00. The molecule has 64 valence electrons. The lowest BCUT2D eigenvalue weighted by Gasteiger charge is -2.05. The first kappa shape index (κ1) is 10.4. The van der Waals surface area contributed by atoms with E-state index in [1.807, 2.05) is 6.92 Å². The molecule has 0 bridgehead atoms. The molecule has 0 aliphatic rings. The fourth-order valence-corrected chi connectivity index (χ4v) is 1.15. The van der Waals surface area contributed by atoms with Crippen molar-refractivity contribution in [3.05, 3.63) is 11.1 Å². The van der Waals surface area contributed by atoms with E-state index in [2.05, 4.69) is 13.8 Å². The summed E-state index contributed by atoms with van der Waals surface area (Å²) < 4.78 is 0. The molecule has 0 saturated heterocycles. The molecule has 0 spiro atoms. The molecule has 0 atom stereocenters. The molecule has 0 heterocycles. The molecule has 0 aliphatic carbocycles. The van der Waals surface area contributed by atoms with Gasteiger partial charge in [-0.05, 0) is 32.3 Å². The summed E-state index contributed by atoms with van der Waals surface area (Å²) >= 11 is 0. The highest BCUT2D eigenvalue weighted by Crippen LogP contribution is 2.14. The maximum atomic E-state index is 11.1. The summed E-state index contributed by atoms with van der Waals surface area (Å²) in [5.74, 6) is 0.242. The molecule has 0 aromatic rings. The van der Waals surface area contributed by atoms with Gasteiger partial charge in [0.05, 0.1) is 0 Å². The summed E-state index contributed by atoms with van der Waals surface area (Å²) in [7, 11) is 0. The van der Waals surface area contributed by atoms with Crippen LogP contribution in [0, 0.1) is 0 Å². The van der Waals surface area contributed by atoms with Gasteiger partial charge in [0.25, 0.3) is 0 Å². The quantitative estimate of drug-likeness (QED) is 0.569. The summed E-state index contributed by atoms with van der Waals surface area (Å²) in [5.41, 5.74) is 2.29. The minimum atomic E-state index is 0.242. The number of hydrogen-bond acceptors (Lipinski definition) is 1. The van der Waals surface area contributed by atoms with E-state index in [1.54, 1.807) is 6.92 Å². The first-order valence-corrected chi connectivity index (χ1v) is 4.33. The van der Waals surface area contributed by atoms with Crippen LogP contribution in [0.25, 0.3) is 0 Å². The molecule has 0 fully saturated rings. The summed E-state index contributed by atoms with van der Waals surface area (Å²) in [6.45, 7) is 7.90. The SMILES string of the molecule is CCC/C(C(C)=O)=C(/C)CC. The van der Waals surface area contributed by atoms with Crippen LogP contribution in [0.5, 0.6) is 0 Å². The van der Waals surface area contributed by atoms with E-state index in [-0.39, 0.29) is 5.78 Å². The molecule has 0 aliphatic heterocycles. The van der Waals surface area contributed by atoms with Crippen LogP contribution in [0.1, 0.15) is 47.0 Å². The number of hydrogen-bond donors (Lipinski definition) is 0. The molecule has 11 heavy (non-hydrogen) atoms. The van der Waals surface area contributed by atoms with Crippen LogP contribution in [0.2, 0.25) is 0 Å². The predicted molar refractivity (Wildman–Crippen MR) is 48.6 cm³/mol. The topological polar surface area (TPSA) is 17.1 Å². The van der Waals surface area contributed by atoms with Crippen LogP contribution in [-0.4, -0.2) is 5.78 Å². The molecule has 0 N–H and O–H groups in total. The third kappa shape index (κ3) is 3.35. The molecule has 0 rings (SSSR count). The van der Waals surface area contributed by atoms with Gasteiger partial charge in [-0.15, -0.1) is 0 Å². The Hall–Kier alpha value is -0.590. The number of carbonyl (C=O) groups excluding carboxylic acids is 1. The average Bonchev–Trinajstić information content (AvgIpc) is 1.98. The van der Waals surface area contributed by atoms with E-state index < -0.39 is 0 Å². The normalized spacial score (nSPS) is 12.7. The molecular weight excluding hydrogens is 136 g/mol. The maximum Gasteiger partial charge on any atom is 0.155 e. The highest BCUT2D eigenvalue weighted by Gasteiger charge is 2.04. The van der Waals surface area contributed by atoms with Crippen molar-refractivity contribution >= 4 is 5.78 Å². The Morgan fingerprint density at radius 1 is 1.18 bits per heavy atom. The Labute approximate surface area is 69.5 Å². The van der Waals surface area contributed by atoms with Crippen molar-refractivity contribution in [1.29, 1.82) is 0 Å². The number of ketones is 1. The van der Waals surface area contributed by atoms with Crippen LogP contribution >= 0.6 is 0 Å². The van der Waals surface area contributed by atoms with E-state index in [0.717, 1.165) is 24.8 Å². The van der Waals surface area contributed by atoms with E-state index in [0.29, 0.717) is 0 Å². The zero-order valence-electron chi connectivity index (χ0n) is 8.03. The van der Waals surface area contributed by atoms with Crippen molar-refractivity contribution in [2.24, 2.45) is 0 Å². The van der Waals surface area contributed by atoms with Crippen molar-refractivity contribution in [3.8, 4) is 0 Å². The first-order valence-electron chi connectivity index (χ1n) is 4.33. The largest absolute Gasteiger partial charge is 0.295 e. The number of allylic oxidation sites excluding steroid dienone is 2. The molecule has 0 aromatic carbocycles. The maximum absolute atomic E-state index is 11.1. The van der Waals surface area contributed by atoms with E-state index in [9.17, 15) is 4.79 Å². The monoisotopic (exact) mass is 154 g/mol. The molecule has 0 amide bonds. The molecule has 1 heteroatoms. The van der Waals surface area contributed by atoms with Crippen LogP contribution in [0.15, 0.2) is 11.1 Å². The minimum absolute atomic E-state index is 0.242. The van der Waals surface area contributed by atoms with Crippen molar-refractivity contribution in [2.75, 3.05) is 0 Å². The average molecular weight is 154 g/mol. The lowest BCUT2D eigenvalue weighted by Crippen LogP contribution is -1.99. The second-order valence-electron chi connectivity index (χ2n) is 2.92. The second kappa shape index (κ2) is 5.11. The van der Waals surface area contributed by atoms with E-state index >= 15 is 0 Å². The molecule has 1 nitrogen and oxygen atoms in total. The first-order chi connectivity index (χ1) is 5.13. The van der Waals surface area contributed by atoms with Crippen LogP contribution in [-0.2, 0) is 4.79 Å². The number of rotatable bonds is 4. The third-order valence-corrected chi connectivity index (χ3v) is 1.97. The Morgan fingerprint density at radius 2 is 1.73 bits per heavy atom. The minimum Gasteiger partial charge on any atom is -0.295 e. The van der Waals surface area contributed by atoms with Crippen LogP contribution in [0.4, 0.5) is 0 Å². The lowest BCUT2D eigenvalue weighted by molar-refractivity contribution is -0.113. The van der Waals surface area contributed by atoms with Crippen molar-refractivity contribution in [3.63, 3.8) is 0 Å². The van der Waals surface area contributed by atoms with Gasteiger partial charge in [-0.1, -0.05) is 25.8 Å². The van der Waals surface area contributed by atoms with E-state index in [4.69, 9.17) is 0 Å². The molecular formula is C10H18O. The van der Waals surface area contributed by atoms with Crippen molar-refractivity contribution in [2.45, 2.75) is 47.0 Å². The van der Waals surface area contributed by atoms with Gasteiger partial charge in [-0.3, -0.25) is 4.79 Å². The third-order valence-electron chi connectivity index (χ3n) is 1.97. The Bertz CT molecular complexity index is 166. The van der Waals surface area contributed by atoms with Crippen molar-refractivity contribution < 1.29 is 4.79 Å². The van der Waals surface area contributed by atoms with Gasteiger partial charge in [0.1, 0.15) is 0 Å². The predicted octanol–water partition coefficient (Wildman–Crippen LogP) is 3.10. The standard InChI is InChI=1S/C10H18O/c1-5-7-10(9(4)11)8(3)6-2/h5-7H2,1-4H3/b10-8+. The Morgan fingerprint density at radius 3 is 2.00 bits per heavy atom. The molecule has 0 unspecified atom stereocenters. The highest BCUT2D eigenvalue weighted by atomic mass is 16.1. The fraction of sp³-hybridized carbons (Fsp3) is 0.700. The van der Waals surface area contributed by atoms with Crippen LogP contribution < -0.4 is 0 Å². The lowest BCUT2D eigenvalue weighted by atomic mass is 10.00. The van der Waals surface area contributed by atoms with Crippen LogP contribution in [0.3, 0.4) is 0 Å². The molecule has 0 radical (unpaired) electrons.